The van der Waals surface area contributed by atoms with Crippen molar-refractivity contribution < 1.29 is 27.8 Å². The van der Waals surface area contributed by atoms with Crippen LogP contribution in [0.4, 0.5) is 14.5 Å². The highest BCUT2D eigenvalue weighted by molar-refractivity contribution is 6.08. The quantitative estimate of drug-likeness (QED) is 0.808. The summed E-state index contributed by atoms with van der Waals surface area (Å²) in [7, 11) is 2.85. The van der Waals surface area contributed by atoms with Gasteiger partial charge in [-0.1, -0.05) is 0 Å². The van der Waals surface area contributed by atoms with Gasteiger partial charge in [0.25, 0.3) is 12.3 Å². The molecule has 0 saturated carbocycles. The van der Waals surface area contributed by atoms with Gasteiger partial charge in [-0.2, -0.15) is 5.10 Å². The van der Waals surface area contributed by atoms with Gasteiger partial charge in [-0.3, -0.25) is 9.48 Å². The van der Waals surface area contributed by atoms with E-state index in [9.17, 15) is 18.4 Å². The van der Waals surface area contributed by atoms with Crippen LogP contribution in [0.25, 0.3) is 0 Å². The van der Waals surface area contributed by atoms with E-state index in [0.29, 0.717) is 5.75 Å². The molecule has 0 atom stereocenters. The van der Waals surface area contributed by atoms with Crippen molar-refractivity contribution in [3.8, 4) is 5.75 Å². The first-order chi connectivity index (χ1) is 11.9. The number of benzene rings is 1. The Morgan fingerprint density at radius 2 is 2.04 bits per heavy atom. The fraction of sp³-hybridized carbons (Fsp3) is 0.312. The summed E-state index contributed by atoms with van der Waals surface area (Å²) in [4.78, 5) is 24.4. The maximum Gasteiger partial charge on any atom is 0.340 e. The number of hydrogen-bond acceptors (Lipinski definition) is 5. The molecule has 0 aliphatic rings. The molecule has 134 valence electrons. The van der Waals surface area contributed by atoms with E-state index < -0.39 is 24.0 Å². The summed E-state index contributed by atoms with van der Waals surface area (Å²) in [6, 6.07) is 4.35. The molecule has 2 rings (SSSR count). The smallest absolute Gasteiger partial charge is 0.340 e. The first-order valence-corrected chi connectivity index (χ1v) is 7.35. The molecule has 25 heavy (non-hydrogen) atoms. The maximum absolute atomic E-state index is 13.0. The summed E-state index contributed by atoms with van der Waals surface area (Å²) in [6.45, 7) is 1.79. The number of alkyl halides is 2. The molecule has 0 spiro atoms. The minimum absolute atomic E-state index is 0.0819. The molecule has 1 heterocycles. The average Bonchev–Trinajstić information content (AvgIpc) is 2.97. The number of halogens is 2. The van der Waals surface area contributed by atoms with Crippen molar-refractivity contribution in [1.82, 2.24) is 9.78 Å². The molecule has 0 aliphatic carbocycles. The summed E-state index contributed by atoms with van der Waals surface area (Å²) < 4.78 is 37.1. The minimum atomic E-state index is -2.91. The predicted octanol–water partition coefficient (Wildman–Crippen LogP) is 2.80. The summed E-state index contributed by atoms with van der Waals surface area (Å²) in [6.07, 6.45) is -1.72. The number of nitrogens with zero attached hydrogens (tertiary/aromatic N) is 2. The second-order valence-corrected chi connectivity index (χ2v) is 4.99. The van der Waals surface area contributed by atoms with Crippen LogP contribution < -0.4 is 10.1 Å². The lowest BCUT2D eigenvalue weighted by atomic mass is 10.1. The molecule has 7 nitrogen and oxygen atoms in total. The van der Waals surface area contributed by atoms with E-state index in [4.69, 9.17) is 9.47 Å². The van der Waals surface area contributed by atoms with E-state index in [-0.39, 0.29) is 23.4 Å². The lowest BCUT2D eigenvalue weighted by molar-refractivity contribution is 0.0527. The van der Waals surface area contributed by atoms with E-state index in [1.807, 2.05) is 0 Å². The molecule has 0 unspecified atom stereocenters. The SMILES string of the molecule is CCOC(=O)c1ccc(OC)cc1NC(=O)c1cn(C)nc1C(F)F. The predicted molar refractivity (Wildman–Crippen MR) is 85.1 cm³/mol. The zero-order valence-electron chi connectivity index (χ0n) is 13.9. The van der Waals surface area contributed by atoms with Gasteiger partial charge < -0.3 is 14.8 Å². The number of nitrogens with one attached hydrogen (secondary N) is 1. The molecule has 0 saturated heterocycles. The topological polar surface area (TPSA) is 82.5 Å². The number of carbonyl (C=O) groups excluding carboxylic acids is 2. The van der Waals surface area contributed by atoms with Gasteiger partial charge in [0.2, 0.25) is 0 Å². The number of methoxy groups -OCH3 is 1. The summed E-state index contributed by atoms with van der Waals surface area (Å²) in [5, 5.41) is 6.03. The molecule has 2 aromatic rings. The number of hydrogen-bond donors (Lipinski definition) is 1. The summed E-state index contributed by atoms with van der Waals surface area (Å²) in [5.41, 5.74) is -0.749. The van der Waals surface area contributed by atoms with Crippen molar-refractivity contribution in [2.45, 2.75) is 13.3 Å². The Morgan fingerprint density at radius 3 is 2.64 bits per heavy atom. The fourth-order valence-electron chi connectivity index (χ4n) is 2.17. The van der Waals surface area contributed by atoms with Gasteiger partial charge in [0.05, 0.1) is 30.5 Å². The van der Waals surface area contributed by atoms with Crippen molar-refractivity contribution >= 4 is 17.6 Å². The first kappa shape index (κ1) is 18.4. The molecule has 1 aromatic heterocycles. The third-order valence-corrected chi connectivity index (χ3v) is 3.28. The maximum atomic E-state index is 13.0. The van der Waals surface area contributed by atoms with Gasteiger partial charge in [0.15, 0.2) is 0 Å². The van der Waals surface area contributed by atoms with Gasteiger partial charge in [-0.05, 0) is 19.1 Å². The third-order valence-electron chi connectivity index (χ3n) is 3.28. The van der Waals surface area contributed by atoms with E-state index in [1.54, 1.807) is 6.92 Å². The average molecular weight is 353 g/mol. The highest BCUT2D eigenvalue weighted by Gasteiger charge is 2.24. The van der Waals surface area contributed by atoms with Gasteiger partial charge in [0, 0.05) is 19.3 Å². The van der Waals surface area contributed by atoms with Crippen molar-refractivity contribution in [3.63, 3.8) is 0 Å². The number of ether oxygens (including phenoxy) is 2. The number of amides is 1. The van der Waals surface area contributed by atoms with Gasteiger partial charge >= 0.3 is 5.97 Å². The zero-order chi connectivity index (χ0) is 18.6. The number of rotatable bonds is 6. The van der Waals surface area contributed by atoms with Crippen LogP contribution in [0.5, 0.6) is 5.75 Å². The van der Waals surface area contributed by atoms with Crippen LogP contribution in [-0.4, -0.2) is 35.4 Å². The lowest BCUT2D eigenvalue weighted by Crippen LogP contribution is -2.17. The van der Waals surface area contributed by atoms with Crippen LogP contribution in [0.15, 0.2) is 24.4 Å². The minimum Gasteiger partial charge on any atom is -0.497 e. The van der Waals surface area contributed by atoms with Gasteiger partial charge in [-0.25, -0.2) is 13.6 Å². The second kappa shape index (κ2) is 7.73. The Hall–Kier alpha value is -2.97. The van der Waals surface area contributed by atoms with Crippen LogP contribution in [0.3, 0.4) is 0 Å². The largest absolute Gasteiger partial charge is 0.497 e. The Kier molecular flexibility index (Phi) is 5.68. The van der Waals surface area contributed by atoms with Crippen LogP contribution in [0.1, 0.15) is 39.8 Å². The molecular weight excluding hydrogens is 336 g/mol. The van der Waals surface area contributed by atoms with E-state index >= 15 is 0 Å². The highest BCUT2D eigenvalue weighted by Crippen LogP contribution is 2.26. The van der Waals surface area contributed by atoms with E-state index in [1.165, 1.54) is 38.6 Å². The van der Waals surface area contributed by atoms with Crippen molar-refractivity contribution in [1.29, 1.82) is 0 Å². The Labute approximate surface area is 142 Å². The fourth-order valence-corrected chi connectivity index (χ4v) is 2.17. The molecule has 1 amide bonds. The van der Waals surface area contributed by atoms with Crippen molar-refractivity contribution in [2.75, 3.05) is 19.0 Å². The zero-order valence-corrected chi connectivity index (χ0v) is 13.9. The molecule has 0 aliphatic heterocycles. The molecule has 1 aromatic carbocycles. The number of esters is 1. The third kappa shape index (κ3) is 4.11. The normalized spacial score (nSPS) is 10.6. The van der Waals surface area contributed by atoms with Gasteiger partial charge in [0.1, 0.15) is 11.4 Å². The van der Waals surface area contributed by atoms with Crippen LogP contribution >= 0.6 is 0 Å². The van der Waals surface area contributed by atoms with Crippen LogP contribution in [0, 0.1) is 0 Å². The van der Waals surface area contributed by atoms with Crippen LogP contribution in [0.2, 0.25) is 0 Å². The van der Waals surface area contributed by atoms with Gasteiger partial charge in [-0.15, -0.1) is 0 Å². The van der Waals surface area contributed by atoms with E-state index in [2.05, 4.69) is 10.4 Å². The summed E-state index contributed by atoms with van der Waals surface area (Å²) >= 11 is 0. The van der Waals surface area contributed by atoms with Crippen molar-refractivity contribution in [3.05, 3.63) is 41.2 Å². The molecule has 0 fully saturated rings. The molecule has 0 radical (unpaired) electrons. The Bertz CT molecular complexity index is 790. The summed E-state index contributed by atoms with van der Waals surface area (Å²) in [5.74, 6) is -1.09. The molecule has 1 N–H and O–H groups in total. The monoisotopic (exact) mass is 353 g/mol. The Morgan fingerprint density at radius 1 is 1.32 bits per heavy atom. The number of anilines is 1. The lowest BCUT2D eigenvalue weighted by Gasteiger charge is -2.12. The van der Waals surface area contributed by atoms with Crippen LogP contribution in [-0.2, 0) is 11.8 Å². The number of carbonyl (C=O) groups is 2. The Balaban J connectivity index is 2.38. The van der Waals surface area contributed by atoms with Crippen molar-refractivity contribution in [2.24, 2.45) is 7.05 Å². The number of aryl methyl sites for hydroxylation is 1. The highest BCUT2D eigenvalue weighted by atomic mass is 19.3. The second-order valence-electron chi connectivity index (χ2n) is 4.99. The standard InChI is InChI=1S/C16H17F2N3O4/c1-4-25-16(23)10-6-5-9(24-3)7-12(10)19-15(22)11-8-21(2)20-13(11)14(17)18/h5-8,14H,4H2,1-3H3,(H,19,22). The number of aromatic nitrogens is 2. The van der Waals surface area contributed by atoms with E-state index in [0.717, 1.165) is 4.68 Å². The first-order valence-electron chi connectivity index (χ1n) is 7.35. The molecular formula is C16H17F2N3O4. The molecule has 0 bridgehead atoms. The molecule has 9 heteroatoms.